The van der Waals surface area contributed by atoms with Crippen LogP contribution in [0, 0.1) is 5.41 Å². The third-order valence-electron chi connectivity index (χ3n) is 7.52. The van der Waals surface area contributed by atoms with E-state index in [-0.39, 0.29) is 30.5 Å². The number of aromatic nitrogens is 1. The van der Waals surface area contributed by atoms with E-state index in [0.29, 0.717) is 23.7 Å². The smallest absolute Gasteiger partial charge is 0.243 e. The molecule has 1 aliphatic carbocycles. The first-order chi connectivity index (χ1) is 17.5. The van der Waals surface area contributed by atoms with Gasteiger partial charge in [0.05, 0.1) is 6.10 Å². The Balaban J connectivity index is 1.63. The maximum atomic E-state index is 13.6. The van der Waals surface area contributed by atoms with Crippen LogP contribution in [0.15, 0.2) is 36.5 Å². The molecule has 2 aromatic rings. The number of amides is 1. The van der Waals surface area contributed by atoms with Gasteiger partial charge in [-0.1, -0.05) is 37.6 Å². The molecule has 3 N–H and O–H groups in total. The lowest BCUT2D eigenvalue weighted by Gasteiger charge is -2.48. The number of alkyl halides is 2. The van der Waals surface area contributed by atoms with E-state index >= 15 is 0 Å². The van der Waals surface area contributed by atoms with E-state index in [1.165, 1.54) is 6.92 Å². The van der Waals surface area contributed by atoms with Crippen LogP contribution >= 0.6 is 11.6 Å². The SMILES string of the molecule is CC(=O)NC[C@@H](O)C(Cc1ccc(Cl)cc1)N[C@H]1CC2(CCC2)Oc2ncc(CC(C)(C)C(F)F)cc21. The molecule has 4 rings (SSSR count). The number of pyridine rings is 1. The second-order valence-corrected chi connectivity index (χ2v) is 11.6. The molecule has 1 aliphatic heterocycles. The van der Waals surface area contributed by atoms with Gasteiger partial charge in [-0.25, -0.2) is 13.8 Å². The van der Waals surface area contributed by atoms with Crippen LogP contribution in [0.3, 0.4) is 0 Å². The number of ether oxygens (including phenoxy) is 1. The number of fused-ring (bicyclic) bond motifs is 1. The topological polar surface area (TPSA) is 83.5 Å². The number of rotatable bonds is 10. The van der Waals surface area contributed by atoms with Gasteiger partial charge in [0.2, 0.25) is 18.2 Å². The van der Waals surface area contributed by atoms with Crippen LogP contribution in [0.1, 0.15) is 69.2 Å². The molecular weight excluding hydrogens is 500 g/mol. The largest absolute Gasteiger partial charge is 0.471 e. The number of hydrogen-bond donors (Lipinski definition) is 3. The van der Waals surface area contributed by atoms with E-state index in [4.69, 9.17) is 16.3 Å². The summed E-state index contributed by atoms with van der Waals surface area (Å²) in [5.41, 5.74) is 1.02. The lowest BCUT2D eigenvalue weighted by atomic mass is 9.73. The molecule has 9 heteroatoms. The summed E-state index contributed by atoms with van der Waals surface area (Å²) in [6.07, 6.45) is 2.59. The third kappa shape index (κ3) is 6.78. The summed E-state index contributed by atoms with van der Waals surface area (Å²) >= 11 is 6.06. The van der Waals surface area contributed by atoms with Gasteiger partial charge < -0.3 is 20.5 Å². The Morgan fingerprint density at radius 2 is 1.97 bits per heavy atom. The fraction of sp³-hybridized carbons (Fsp3) is 0.571. The van der Waals surface area contributed by atoms with E-state index in [9.17, 15) is 18.7 Å². The van der Waals surface area contributed by atoms with Crippen molar-refractivity contribution in [1.29, 1.82) is 0 Å². The van der Waals surface area contributed by atoms with Crippen LogP contribution in [0.25, 0.3) is 0 Å². The molecule has 0 radical (unpaired) electrons. The Morgan fingerprint density at radius 1 is 1.27 bits per heavy atom. The fourth-order valence-corrected chi connectivity index (χ4v) is 5.26. The van der Waals surface area contributed by atoms with Crippen molar-refractivity contribution in [2.45, 2.75) is 89.5 Å². The molecule has 0 saturated heterocycles. The van der Waals surface area contributed by atoms with Gasteiger partial charge in [0.25, 0.3) is 0 Å². The first-order valence-electron chi connectivity index (χ1n) is 12.9. The van der Waals surface area contributed by atoms with Gasteiger partial charge >= 0.3 is 0 Å². The number of nitrogens with zero attached hydrogens (tertiary/aromatic N) is 1. The Morgan fingerprint density at radius 3 is 2.57 bits per heavy atom. The van der Waals surface area contributed by atoms with Gasteiger partial charge in [-0.15, -0.1) is 0 Å². The minimum Gasteiger partial charge on any atom is -0.471 e. The Bertz CT molecular complexity index is 1090. The molecule has 1 amide bonds. The number of halogens is 3. The number of benzene rings is 1. The van der Waals surface area contributed by atoms with E-state index in [2.05, 4.69) is 15.6 Å². The molecule has 1 spiro atoms. The molecule has 1 aromatic carbocycles. The number of nitrogens with one attached hydrogen (secondary N) is 2. The Hall–Kier alpha value is -2.29. The Kier molecular flexibility index (Phi) is 8.41. The zero-order chi connectivity index (χ0) is 26.8. The summed E-state index contributed by atoms with van der Waals surface area (Å²) in [4.78, 5) is 16.1. The molecule has 1 saturated carbocycles. The monoisotopic (exact) mass is 535 g/mol. The quantitative estimate of drug-likeness (QED) is 0.398. The maximum Gasteiger partial charge on any atom is 0.243 e. The van der Waals surface area contributed by atoms with E-state index in [0.717, 1.165) is 36.0 Å². The van der Waals surface area contributed by atoms with Crippen molar-refractivity contribution in [2.24, 2.45) is 5.41 Å². The first-order valence-corrected chi connectivity index (χ1v) is 13.2. The number of carbonyl (C=O) groups is 1. The van der Waals surface area contributed by atoms with Crippen LogP contribution < -0.4 is 15.4 Å². The van der Waals surface area contributed by atoms with Crippen molar-refractivity contribution in [3.05, 3.63) is 58.2 Å². The predicted octanol–water partition coefficient (Wildman–Crippen LogP) is 5.01. The van der Waals surface area contributed by atoms with Gasteiger partial charge in [0, 0.05) is 54.2 Å². The van der Waals surface area contributed by atoms with Gasteiger partial charge in [0.1, 0.15) is 5.60 Å². The fourth-order valence-electron chi connectivity index (χ4n) is 5.13. The molecule has 0 bridgehead atoms. The van der Waals surface area contributed by atoms with Crippen molar-refractivity contribution in [3.8, 4) is 5.88 Å². The summed E-state index contributed by atoms with van der Waals surface area (Å²) in [7, 11) is 0. The molecule has 1 unspecified atom stereocenters. The summed E-state index contributed by atoms with van der Waals surface area (Å²) < 4.78 is 33.5. The molecule has 2 aliphatic rings. The van der Waals surface area contributed by atoms with Crippen LogP contribution in [0.4, 0.5) is 8.78 Å². The minimum absolute atomic E-state index is 0.0999. The van der Waals surface area contributed by atoms with Gasteiger partial charge in [-0.3, -0.25) is 4.79 Å². The summed E-state index contributed by atoms with van der Waals surface area (Å²) in [5, 5.41) is 18.1. The van der Waals surface area contributed by atoms with Gasteiger partial charge in [-0.05, 0) is 61.4 Å². The lowest BCUT2D eigenvalue weighted by Crippen LogP contribution is -2.53. The molecule has 2 heterocycles. The molecule has 3 atom stereocenters. The van der Waals surface area contributed by atoms with Crippen LogP contribution in [0.5, 0.6) is 5.88 Å². The molecule has 202 valence electrons. The maximum absolute atomic E-state index is 13.6. The molecule has 1 aromatic heterocycles. The highest BCUT2D eigenvalue weighted by Gasteiger charge is 2.47. The number of hydrogen-bond acceptors (Lipinski definition) is 5. The molecule has 37 heavy (non-hydrogen) atoms. The zero-order valence-corrected chi connectivity index (χ0v) is 22.3. The highest BCUT2D eigenvalue weighted by atomic mass is 35.5. The number of aliphatic hydroxyl groups excluding tert-OH is 1. The van der Waals surface area contributed by atoms with Crippen molar-refractivity contribution >= 4 is 17.5 Å². The Labute approximate surface area is 222 Å². The highest BCUT2D eigenvalue weighted by molar-refractivity contribution is 6.30. The van der Waals surface area contributed by atoms with Crippen LogP contribution in [-0.2, 0) is 17.6 Å². The van der Waals surface area contributed by atoms with Gasteiger partial charge in [-0.2, -0.15) is 0 Å². The summed E-state index contributed by atoms with van der Waals surface area (Å²) in [5.74, 6) is 0.299. The third-order valence-corrected chi connectivity index (χ3v) is 7.78. The average Bonchev–Trinajstić information content (AvgIpc) is 2.82. The van der Waals surface area contributed by atoms with Crippen molar-refractivity contribution in [1.82, 2.24) is 15.6 Å². The van der Waals surface area contributed by atoms with Crippen molar-refractivity contribution in [3.63, 3.8) is 0 Å². The summed E-state index contributed by atoms with van der Waals surface area (Å²) in [6.45, 7) is 4.61. The van der Waals surface area contributed by atoms with Crippen molar-refractivity contribution < 1.29 is 23.4 Å². The number of aliphatic hydroxyl groups is 1. The predicted molar refractivity (Wildman–Crippen MR) is 139 cm³/mol. The van der Waals surface area contributed by atoms with E-state index in [1.54, 1.807) is 20.0 Å². The number of carbonyl (C=O) groups excluding carboxylic acids is 1. The highest BCUT2D eigenvalue weighted by Crippen LogP contribution is 2.48. The second-order valence-electron chi connectivity index (χ2n) is 11.2. The van der Waals surface area contributed by atoms with Crippen LogP contribution in [-0.4, -0.2) is 46.7 Å². The van der Waals surface area contributed by atoms with Gasteiger partial charge in [0.15, 0.2) is 0 Å². The molecule has 6 nitrogen and oxygen atoms in total. The normalized spacial score (nSPS) is 20.1. The first kappa shape index (κ1) is 27.7. The van der Waals surface area contributed by atoms with E-state index in [1.807, 2.05) is 30.3 Å². The van der Waals surface area contributed by atoms with E-state index < -0.39 is 24.0 Å². The standard InChI is InChI=1S/C28H36ClF2N3O3/c1-17(35)32-16-24(36)22(12-18-5-7-20(29)8-6-18)34-23-14-28(9-4-10-28)37-25-21(23)11-19(15-33-25)13-27(2,3)26(30)31/h5-8,11,15,22-24,26,34,36H,4,9-10,12-14,16H2,1-3H3,(H,32,35)/t22?,23-,24+/m0/s1. The van der Waals surface area contributed by atoms with Crippen molar-refractivity contribution in [2.75, 3.05) is 6.54 Å². The lowest BCUT2D eigenvalue weighted by molar-refractivity contribution is -0.119. The molecular formula is C28H36ClF2N3O3. The average molecular weight is 536 g/mol. The molecule has 1 fully saturated rings. The second kappa shape index (κ2) is 11.2. The minimum atomic E-state index is -2.46. The summed E-state index contributed by atoms with van der Waals surface area (Å²) in [6, 6.07) is 8.76. The zero-order valence-electron chi connectivity index (χ0n) is 21.6. The van der Waals surface area contributed by atoms with Crippen LogP contribution in [0.2, 0.25) is 5.02 Å².